The molecule has 2 heteroatoms. The molecule has 0 amide bonds. The fraction of sp³-hybridized carbons (Fsp3) is 0.500. The van der Waals surface area contributed by atoms with Crippen LogP contribution in [0.3, 0.4) is 0 Å². The second-order valence-corrected chi connectivity index (χ2v) is 7.68. The number of benzene rings is 1. The summed E-state index contributed by atoms with van der Waals surface area (Å²) < 4.78 is 0.336. The topological polar surface area (TPSA) is 0 Å². The van der Waals surface area contributed by atoms with Crippen LogP contribution in [0, 0.1) is 5.92 Å². The summed E-state index contributed by atoms with van der Waals surface area (Å²) in [4.78, 5) is 0. The number of hydrogen-bond acceptors (Lipinski definition) is 1. The highest BCUT2D eigenvalue weighted by molar-refractivity contribution is 9.12. The Morgan fingerprint density at radius 1 is 1.21 bits per heavy atom. The summed E-state index contributed by atoms with van der Waals surface area (Å²) in [6.45, 7) is 0. The summed E-state index contributed by atoms with van der Waals surface area (Å²) in [7, 11) is 0. The minimum atomic E-state index is 0.336. The van der Waals surface area contributed by atoms with Crippen LogP contribution in [0.25, 0.3) is 0 Å². The van der Waals surface area contributed by atoms with Gasteiger partial charge in [-0.05, 0) is 42.1 Å². The molecule has 2 bridgehead atoms. The van der Waals surface area contributed by atoms with Crippen LogP contribution >= 0.6 is 27.7 Å². The first-order valence-electron chi connectivity index (χ1n) is 5.17. The van der Waals surface area contributed by atoms with Crippen molar-refractivity contribution in [2.24, 2.45) is 5.92 Å². The molecule has 2 aliphatic carbocycles. The number of fused-ring (bicyclic) bond motifs is 2. The molecule has 1 saturated heterocycles. The van der Waals surface area contributed by atoms with Gasteiger partial charge in [-0.25, -0.2) is 0 Å². The highest BCUT2D eigenvalue weighted by Crippen LogP contribution is 2.51. The minimum Gasteiger partial charge on any atom is -0.143 e. The van der Waals surface area contributed by atoms with Crippen molar-refractivity contribution in [2.75, 3.05) is 5.75 Å². The maximum atomic E-state index is 3.97. The van der Waals surface area contributed by atoms with E-state index in [1.807, 2.05) is 0 Å². The molecule has 1 aromatic rings. The van der Waals surface area contributed by atoms with Gasteiger partial charge in [-0.15, -0.1) is 11.8 Å². The standard InChI is InChI=1S/C12H13BrS/c13-12-8-10-3-1-9(2-4-10)7-11(12)5-6-14-12/h1-4,11H,5-8H2. The van der Waals surface area contributed by atoms with Crippen LogP contribution in [0.15, 0.2) is 24.3 Å². The van der Waals surface area contributed by atoms with E-state index in [9.17, 15) is 0 Å². The lowest BCUT2D eigenvalue weighted by atomic mass is 9.87. The van der Waals surface area contributed by atoms with Gasteiger partial charge in [0.2, 0.25) is 0 Å². The second-order valence-electron chi connectivity index (χ2n) is 4.32. The van der Waals surface area contributed by atoms with Gasteiger partial charge in [-0.2, -0.15) is 0 Å². The zero-order valence-corrected chi connectivity index (χ0v) is 10.4. The Kier molecular flexibility index (Phi) is 2.17. The van der Waals surface area contributed by atoms with Gasteiger partial charge in [-0.1, -0.05) is 40.2 Å². The molecule has 1 fully saturated rings. The molecule has 14 heavy (non-hydrogen) atoms. The molecular formula is C12H13BrS. The van der Waals surface area contributed by atoms with Crippen molar-refractivity contribution in [3.05, 3.63) is 35.4 Å². The van der Waals surface area contributed by atoms with Crippen LogP contribution in [-0.4, -0.2) is 9.41 Å². The van der Waals surface area contributed by atoms with E-state index in [0.29, 0.717) is 3.66 Å². The number of hydrogen-bond donors (Lipinski definition) is 0. The lowest BCUT2D eigenvalue weighted by Crippen LogP contribution is -2.28. The average molecular weight is 269 g/mol. The Bertz CT molecular complexity index is 346. The lowest BCUT2D eigenvalue weighted by molar-refractivity contribution is 0.482. The van der Waals surface area contributed by atoms with Crippen molar-refractivity contribution in [2.45, 2.75) is 22.9 Å². The molecule has 4 rings (SSSR count). The van der Waals surface area contributed by atoms with E-state index < -0.39 is 0 Å². The van der Waals surface area contributed by atoms with Crippen LogP contribution in [0.5, 0.6) is 0 Å². The third-order valence-electron chi connectivity index (χ3n) is 3.37. The number of thioether (sulfide) groups is 1. The molecule has 1 heterocycles. The van der Waals surface area contributed by atoms with Crippen LogP contribution in [0.4, 0.5) is 0 Å². The molecular weight excluding hydrogens is 256 g/mol. The van der Waals surface area contributed by atoms with Crippen LogP contribution in [0.1, 0.15) is 17.5 Å². The van der Waals surface area contributed by atoms with Crippen molar-refractivity contribution in [1.82, 2.24) is 0 Å². The smallest absolute Gasteiger partial charge is 0.0779 e. The summed E-state index contributed by atoms with van der Waals surface area (Å²) in [5.74, 6) is 2.14. The van der Waals surface area contributed by atoms with Crippen molar-refractivity contribution in [3.8, 4) is 0 Å². The predicted molar refractivity (Wildman–Crippen MR) is 66.1 cm³/mol. The largest absolute Gasteiger partial charge is 0.143 e. The van der Waals surface area contributed by atoms with Crippen LogP contribution in [-0.2, 0) is 12.8 Å². The Morgan fingerprint density at radius 3 is 2.71 bits per heavy atom. The molecule has 2 unspecified atom stereocenters. The molecule has 0 radical (unpaired) electrons. The summed E-state index contributed by atoms with van der Waals surface area (Å²) in [6.07, 6.45) is 3.80. The number of rotatable bonds is 0. The molecule has 2 atom stereocenters. The monoisotopic (exact) mass is 268 g/mol. The van der Waals surface area contributed by atoms with E-state index >= 15 is 0 Å². The fourth-order valence-electron chi connectivity index (χ4n) is 2.51. The molecule has 1 aliphatic heterocycles. The van der Waals surface area contributed by atoms with E-state index in [1.165, 1.54) is 36.1 Å². The zero-order valence-electron chi connectivity index (χ0n) is 8.00. The molecule has 0 spiro atoms. The van der Waals surface area contributed by atoms with Gasteiger partial charge in [0.25, 0.3) is 0 Å². The van der Waals surface area contributed by atoms with Gasteiger partial charge in [-0.3, -0.25) is 0 Å². The Labute approximate surface area is 97.6 Å². The van der Waals surface area contributed by atoms with E-state index in [1.54, 1.807) is 0 Å². The highest BCUT2D eigenvalue weighted by Gasteiger charge is 2.42. The van der Waals surface area contributed by atoms with Crippen molar-refractivity contribution in [1.29, 1.82) is 0 Å². The summed E-state index contributed by atoms with van der Waals surface area (Å²) >= 11 is 6.08. The van der Waals surface area contributed by atoms with E-state index in [0.717, 1.165) is 5.92 Å². The number of halogens is 1. The average Bonchev–Trinajstić information content (AvgIpc) is 2.49. The molecule has 0 saturated carbocycles. The maximum Gasteiger partial charge on any atom is 0.0779 e. The van der Waals surface area contributed by atoms with Gasteiger partial charge in [0.05, 0.1) is 3.66 Å². The maximum absolute atomic E-state index is 3.97. The molecule has 0 N–H and O–H groups in total. The summed E-state index contributed by atoms with van der Waals surface area (Å²) in [5.41, 5.74) is 2.98. The first kappa shape index (κ1) is 9.29. The van der Waals surface area contributed by atoms with Crippen molar-refractivity contribution < 1.29 is 0 Å². The summed E-state index contributed by atoms with van der Waals surface area (Å²) in [5, 5.41) is 0. The van der Waals surface area contributed by atoms with Crippen molar-refractivity contribution >= 4 is 27.7 Å². The zero-order chi connectivity index (χ0) is 9.60. The third-order valence-corrected chi connectivity index (χ3v) is 6.38. The van der Waals surface area contributed by atoms with Gasteiger partial charge >= 0.3 is 0 Å². The van der Waals surface area contributed by atoms with Crippen LogP contribution < -0.4 is 0 Å². The van der Waals surface area contributed by atoms with Gasteiger partial charge in [0.15, 0.2) is 0 Å². The first-order chi connectivity index (χ1) is 6.76. The second kappa shape index (κ2) is 3.28. The van der Waals surface area contributed by atoms with Gasteiger partial charge < -0.3 is 0 Å². The Hall–Kier alpha value is 0.0500. The first-order valence-corrected chi connectivity index (χ1v) is 6.95. The molecule has 74 valence electrons. The van der Waals surface area contributed by atoms with Gasteiger partial charge in [0, 0.05) is 0 Å². The lowest BCUT2D eigenvalue weighted by Gasteiger charge is -2.31. The van der Waals surface area contributed by atoms with Crippen molar-refractivity contribution in [3.63, 3.8) is 0 Å². The fourth-order valence-corrected chi connectivity index (χ4v) is 5.16. The van der Waals surface area contributed by atoms with Gasteiger partial charge in [0.1, 0.15) is 0 Å². The van der Waals surface area contributed by atoms with Crippen LogP contribution in [0.2, 0.25) is 0 Å². The molecule has 0 aromatic heterocycles. The van der Waals surface area contributed by atoms with E-state index in [4.69, 9.17) is 0 Å². The number of alkyl halides is 1. The summed E-state index contributed by atoms with van der Waals surface area (Å²) in [6, 6.07) is 9.16. The molecule has 3 aliphatic rings. The molecule has 0 nitrogen and oxygen atoms in total. The normalized spacial score (nSPS) is 35.1. The highest BCUT2D eigenvalue weighted by atomic mass is 79.9. The van der Waals surface area contributed by atoms with E-state index in [-0.39, 0.29) is 0 Å². The molecule has 1 aromatic carbocycles. The Balaban J connectivity index is 2.05. The Morgan fingerprint density at radius 2 is 1.93 bits per heavy atom. The third kappa shape index (κ3) is 1.43. The minimum absolute atomic E-state index is 0.336. The quantitative estimate of drug-likeness (QED) is 0.648. The predicted octanol–water partition coefficient (Wildman–Crippen LogP) is 3.63. The SMILES string of the molecule is BrC12Cc3ccc(cc3)CC1CCS2. The van der Waals surface area contributed by atoms with E-state index in [2.05, 4.69) is 52.0 Å².